The first-order valence-corrected chi connectivity index (χ1v) is 10.1. The zero-order valence-corrected chi connectivity index (χ0v) is 16.4. The highest BCUT2D eigenvalue weighted by atomic mass is 35.5. The molecule has 0 aromatic heterocycles. The Hall–Kier alpha value is -2.78. The van der Waals surface area contributed by atoms with Crippen LogP contribution in [0.3, 0.4) is 0 Å². The summed E-state index contributed by atoms with van der Waals surface area (Å²) < 4.78 is 0. The van der Waals surface area contributed by atoms with Gasteiger partial charge in [0, 0.05) is 18.8 Å². The van der Waals surface area contributed by atoms with Crippen molar-refractivity contribution in [1.29, 1.82) is 0 Å². The van der Waals surface area contributed by atoms with Crippen LogP contribution >= 0.6 is 11.6 Å². The van der Waals surface area contributed by atoms with Gasteiger partial charge in [-0.25, -0.2) is 0 Å². The van der Waals surface area contributed by atoms with E-state index < -0.39 is 0 Å². The Labute approximate surface area is 171 Å². The van der Waals surface area contributed by atoms with Crippen LogP contribution in [0.5, 0.6) is 0 Å². The predicted molar refractivity (Wildman–Crippen MR) is 116 cm³/mol. The minimum absolute atomic E-state index is 0.0672. The van der Waals surface area contributed by atoms with E-state index in [4.69, 9.17) is 11.6 Å². The zero-order chi connectivity index (χ0) is 19.3. The highest BCUT2D eigenvalue weighted by Gasteiger charge is 2.23. The fourth-order valence-electron chi connectivity index (χ4n) is 3.80. The average molecular weight is 391 g/mol. The van der Waals surface area contributed by atoms with E-state index in [0.29, 0.717) is 5.02 Å². The number of nitrogens with zero attached hydrogens (tertiary/aromatic N) is 1. The molecule has 0 unspecified atom stereocenters. The van der Waals surface area contributed by atoms with Crippen molar-refractivity contribution in [3.05, 3.63) is 95.0 Å². The summed E-state index contributed by atoms with van der Waals surface area (Å²) in [5, 5.41) is 3.73. The van der Waals surface area contributed by atoms with Crippen LogP contribution in [-0.2, 0) is 4.79 Å². The molecule has 0 aliphatic carbocycles. The van der Waals surface area contributed by atoms with Gasteiger partial charge in [0.05, 0.1) is 16.6 Å². The number of halogens is 1. The number of carbonyl (C=O) groups is 1. The first-order chi connectivity index (χ1) is 13.7. The Kier molecular flexibility index (Phi) is 5.63. The molecule has 0 bridgehead atoms. The van der Waals surface area contributed by atoms with Crippen LogP contribution in [0.25, 0.3) is 0 Å². The second kappa shape index (κ2) is 8.49. The lowest BCUT2D eigenvalue weighted by Gasteiger charge is -2.21. The highest BCUT2D eigenvalue weighted by molar-refractivity contribution is 6.33. The molecule has 3 aromatic carbocycles. The van der Waals surface area contributed by atoms with Gasteiger partial charge >= 0.3 is 0 Å². The monoisotopic (exact) mass is 390 g/mol. The predicted octanol–water partition coefficient (Wildman–Crippen LogP) is 5.71. The van der Waals surface area contributed by atoms with Crippen LogP contribution in [-0.4, -0.2) is 19.0 Å². The van der Waals surface area contributed by atoms with Gasteiger partial charge in [0.1, 0.15) is 0 Å². The number of anilines is 2. The number of hydrogen-bond donors (Lipinski definition) is 1. The topological polar surface area (TPSA) is 32.3 Å². The molecule has 142 valence electrons. The molecule has 1 aliphatic heterocycles. The van der Waals surface area contributed by atoms with Gasteiger partial charge in [-0.15, -0.1) is 0 Å². The van der Waals surface area contributed by atoms with Gasteiger partial charge in [-0.3, -0.25) is 4.79 Å². The van der Waals surface area contributed by atoms with Crippen molar-refractivity contribution in [1.82, 2.24) is 0 Å². The number of hydrogen-bond acceptors (Lipinski definition) is 2. The second-order valence-corrected chi connectivity index (χ2v) is 7.51. The van der Waals surface area contributed by atoms with E-state index >= 15 is 0 Å². The maximum absolute atomic E-state index is 13.2. The molecule has 1 fully saturated rings. The van der Waals surface area contributed by atoms with Gasteiger partial charge in [0.25, 0.3) is 0 Å². The molecule has 1 N–H and O–H groups in total. The van der Waals surface area contributed by atoms with Crippen LogP contribution in [0, 0.1) is 0 Å². The Balaban J connectivity index is 1.59. The summed E-state index contributed by atoms with van der Waals surface area (Å²) >= 11 is 6.51. The maximum atomic E-state index is 13.2. The van der Waals surface area contributed by atoms with Gasteiger partial charge in [-0.05, 0) is 42.2 Å². The van der Waals surface area contributed by atoms with Gasteiger partial charge < -0.3 is 10.2 Å². The molecule has 0 radical (unpaired) electrons. The molecule has 1 heterocycles. The number of carbonyl (C=O) groups excluding carboxylic acids is 1. The Bertz CT molecular complexity index is 898. The van der Waals surface area contributed by atoms with Gasteiger partial charge in [0.2, 0.25) is 5.91 Å². The molecule has 1 saturated heterocycles. The molecule has 4 heteroatoms. The molecule has 4 rings (SSSR count). The molecule has 3 aromatic rings. The zero-order valence-electron chi connectivity index (χ0n) is 15.6. The normalized spacial score (nSPS) is 13.7. The SMILES string of the molecule is O=C(Nc1ccc(N2CCCC2)c(Cl)c1)C(c1ccccc1)c1ccccc1. The van der Waals surface area contributed by atoms with Crippen molar-refractivity contribution in [2.45, 2.75) is 18.8 Å². The Morgan fingerprint density at radius 3 is 1.96 bits per heavy atom. The number of benzene rings is 3. The van der Waals surface area contributed by atoms with E-state index in [0.717, 1.165) is 35.6 Å². The van der Waals surface area contributed by atoms with E-state index in [1.165, 1.54) is 12.8 Å². The van der Waals surface area contributed by atoms with Crippen molar-refractivity contribution in [3.8, 4) is 0 Å². The summed E-state index contributed by atoms with van der Waals surface area (Å²) in [6.45, 7) is 2.07. The minimum atomic E-state index is -0.376. The molecule has 3 nitrogen and oxygen atoms in total. The lowest BCUT2D eigenvalue weighted by molar-refractivity contribution is -0.116. The van der Waals surface area contributed by atoms with Gasteiger partial charge in [-0.2, -0.15) is 0 Å². The summed E-state index contributed by atoms with van der Waals surface area (Å²) in [6, 6.07) is 25.5. The average Bonchev–Trinajstić information content (AvgIpc) is 3.24. The largest absolute Gasteiger partial charge is 0.370 e. The first-order valence-electron chi connectivity index (χ1n) is 9.67. The maximum Gasteiger partial charge on any atom is 0.236 e. The van der Waals surface area contributed by atoms with Crippen LogP contribution in [0.2, 0.25) is 5.02 Å². The fourth-order valence-corrected chi connectivity index (χ4v) is 4.10. The molecule has 0 spiro atoms. The smallest absolute Gasteiger partial charge is 0.236 e. The van der Waals surface area contributed by atoms with Crippen LogP contribution in [0.4, 0.5) is 11.4 Å². The summed E-state index contributed by atoms with van der Waals surface area (Å²) in [7, 11) is 0. The van der Waals surface area contributed by atoms with E-state index in [9.17, 15) is 4.79 Å². The highest BCUT2D eigenvalue weighted by Crippen LogP contribution is 2.32. The molecule has 1 aliphatic rings. The van der Waals surface area contributed by atoms with Crippen LogP contribution in [0.15, 0.2) is 78.9 Å². The molecule has 0 saturated carbocycles. The molecule has 1 amide bonds. The number of rotatable bonds is 5. The summed E-state index contributed by atoms with van der Waals surface area (Å²) in [5.41, 5.74) is 3.69. The van der Waals surface area contributed by atoms with Gasteiger partial charge in [0.15, 0.2) is 0 Å². The van der Waals surface area contributed by atoms with Crippen LogP contribution < -0.4 is 10.2 Å². The standard InChI is InChI=1S/C24H23ClN2O/c25-21-17-20(13-14-22(21)27-15-7-8-16-27)26-24(28)23(18-9-3-1-4-10-18)19-11-5-2-6-12-19/h1-6,9-14,17,23H,7-8,15-16H2,(H,26,28). The van der Waals surface area contributed by atoms with Crippen molar-refractivity contribution in [3.63, 3.8) is 0 Å². The lowest BCUT2D eigenvalue weighted by Crippen LogP contribution is -2.22. The lowest BCUT2D eigenvalue weighted by atomic mass is 9.90. The molecular formula is C24H23ClN2O. The minimum Gasteiger partial charge on any atom is -0.370 e. The van der Waals surface area contributed by atoms with Gasteiger partial charge in [-0.1, -0.05) is 72.3 Å². The summed E-state index contributed by atoms with van der Waals surface area (Å²) in [4.78, 5) is 15.5. The fraction of sp³-hybridized carbons (Fsp3) is 0.208. The van der Waals surface area contributed by atoms with E-state index in [1.54, 1.807) is 0 Å². The molecule has 0 atom stereocenters. The Morgan fingerprint density at radius 2 is 1.43 bits per heavy atom. The van der Waals surface area contributed by atoms with E-state index in [2.05, 4.69) is 10.2 Å². The third-order valence-corrected chi connectivity index (χ3v) is 5.49. The number of nitrogens with one attached hydrogen (secondary N) is 1. The van der Waals surface area contributed by atoms with E-state index in [-0.39, 0.29) is 11.8 Å². The summed E-state index contributed by atoms with van der Waals surface area (Å²) in [5.74, 6) is -0.443. The van der Waals surface area contributed by atoms with E-state index in [1.807, 2.05) is 78.9 Å². The van der Waals surface area contributed by atoms with Crippen molar-refractivity contribution >= 4 is 28.9 Å². The molecule has 28 heavy (non-hydrogen) atoms. The molecular weight excluding hydrogens is 368 g/mol. The van der Waals surface area contributed by atoms with Crippen LogP contribution in [0.1, 0.15) is 29.9 Å². The first kappa shape index (κ1) is 18.6. The summed E-state index contributed by atoms with van der Waals surface area (Å²) in [6.07, 6.45) is 2.40. The van der Waals surface area contributed by atoms with Crippen molar-refractivity contribution in [2.75, 3.05) is 23.3 Å². The Morgan fingerprint density at radius 1 is 0.857 bits per heavy atom. The number of amides is 1. The van der Waals surface area contributed by atoms with Crippen molar-refractivity contribution in [2.24, 2.45) is 0 Å². The third-order valence-electron chi connectivity index (χ3n) is 5.19. The third kappa shape index (κ3) is 4.05. The quantitative estimate of drug-likeness (QED) is 0.605. The second-order valence-electron chi connectivity index (χ2n) is 7.10. The van der Waals surface area contributed by atoms with Crippen molar-refractivity contribution < 1.29 is 4.79 Å².